The van der Waals surface area contributed by atoms with Crippen LogP contribution in [-0.4, -0.2) is 20.8 Å². The maximum Gasteiger partial charge on any atom is 0.278 e. The molecule has 0 aliphatic rings. The van der Waals surface area contributed by atoms with Gasteiger partial charge in [-0.15, -0.1) is 0 Å². The number of nitrogens with zero attached hydrogens (tertiary/aromatic N) is 3. The van der Waals surface area contributed by atoms with Crippen molar-refractivity contribution in [3.8, 4) is 0 Å². The lowest BCUT2D eigenvalue weighted by Crippen LogP contribution is -2.09. The molecule has 2 rings (SSSR count). The highest BCUT2D eigenvalue weighted by molar-refractivity contribution is 6.16. The minimum absolute atomic E-state index is 0.000648. The van der Waals surface area contributed by atoms with E-state index in [9.17, 15) is 25.4 Å². The van der Waals surface area contributed by atoms with Gasteiger partial charge in [-0.05, 0) is 12.1 Å². The van der Waals surface area contributed by atoms with E-state index >= 15 is 0 Å². The Morgan fingerprint density at radius 2 is 1.24 bits per heavy atom. The zero-order valence-electron chi connectivity index (χ0n) is 10.5. The van der Waals surface area contributed by atoms with Gasteiger partial charge in [-0.1, -0.05) is 29.4 Å². The molecule has 2 aromatic carbocycles. The standard InChI is InChI=1S/C13H9N3O5/c17-14-13(9-5-1-3-7-11(9)15(18)19)10-6-2-4-8-12(10)16(20)21/h1-8,17H. The molecule has 0 radical (unpaired) electrons. The first-order valence-corrected chi connectivity index (χ1v) is 5.76. The van der Waals surface area contributed by atoms with E-state index in [1.54, 1.807) is 0 Å². The number of hydrogen-bond donors (Lipinski definition) is 1. The van der Waals surface area contributed by atoms with Crippen LogP contribution in [-0.2, 0) is 0 Å². The summed E-state index contributed by atoms with van der Waals surface area (Å²) in [7, 11) is 0. The molecule has 0 heterocycles. The van der Waals surface area contributed by atoms with Crippen LogP contribution in [0.5, 0.6) is 0 Å². The number of rotatable bonds is 4. The molecule has 1 N–H and O–H groups in total. The number of nitro groups is 2. The van der Waals surface area contributed by atoms with Crippen LogP contribution >= 0.6 is 0 Å². The summed E-state index contributed by atoms with van der Waals surface area (Å²) in [4.78, 5) is 20.8. The first-order valence-electron chi connectivity index (χ1n) is 5.76. The average Bonchev–Trinajstić information content (AvgIpc) is 2.48. The van der Waals surface area contributed by atoms with E-state index in [1.165, 1.54) is 48.5 Å². The van der Waals surface area contributed by atoms with Gasteiger partial charge in [0, 0.05) is 12.1 Å². The van der Waals surface area contributed by atoms with Gasteiger partial charge in [0.15, 0.2) is 0 Å². The van der Waals surface area contributed by atoms with Gasteiger partial charge in [0.2, 0.25) is 0 Å². The molecule has 0 aliphatic heterocycles. The lowest BCUT2D eigenvalue weighted by atomic mass is 9.99. The molecule has 21 heavy (non-hydrogen) atoms. The van der Waals surface area contributed by atoms with Crippen molar-refractivity contribution >= 4 is 17.1 Å². The van der Waals surface area contributed by atoms with Crippen molar-refractivity contribution in [1.82, 2.24) is 0 Å². The lowest BCUT2D eigenvalue weighted by Gasteiger charge is -2.06. The highest BCUT2D eigenvalue weighted by Crippen LogP contribution is 2.26. The topological polar surface area (TPSA) is 119 Å². The second-order valence-corrected chi connectivity index (χ2v) is 4.00. The molecule has 0 unspecified atom stereocenters. The minimum Gasteiger partial charge on any atom is -0.410 e. The van der Waals surface area contributed by atoms with E-state index in [0.29, 0.717) is 0 Å². The summed E-state index contributed by atoms with van der Waals surface area (Å²) in [6, 6.07) is 11.1. The predicted octanol–water partition coefficient (Wildman–Crippen LogP) is 2.73. The number of benzene rings is 2. The van der Waals surface area contributed by atoms with Crippen molar-refractivity contribution < 1.29 is 15.1 Å². The van der Waals surface area contributed by atoms with Crippen molar-refractivity contribution in [3.05, 3.63) is 79.9 Å². The fourth-order valence-corrected chi connectivity index (χ4v) is 1.92. The van der Waals surface area contributed by atoms with Crippen LogP contribution in [0.4, 0.5) is 11.4 Å². The molecule has 2 aromatic rings. The highest BCUT2D eigenvalue weighted by Gasteiger charge is 2.25. The Kier molecular flexibility index (Phi) is 3.89. The van der Waals surface area contributed by atoms with E-state index in [1.807, 2.05) is 0 Å². The van der Waals surface area contributed by atoms with Gasteiger partial charge >= 0.3 is 0 Å². The Bertz CT molecular complexity index is 683. The Morgan fingerprint density at radius 1 is 0.857 bits per heavy atom. The molecule has 0 amide bonds. The van der Waals surface area contributed by atoms with Crippen LogP contribution < -0.4 is 0 Å². The van der Waals surface area contributed by atoms with E-state index in [0.717, 1.165) is 0 Å². The second-order valence-electron chi connectivity index (χ2n) is 4.00. The van der Waals surface area contributed by atoms with Crippen molar-refractivity contribution in [3.63, 3.8) is 0 Å². The number of hydrogen-bond acceptors (Lipinski definition) is 6. The van der Waals surface area contributed by atoms with Crippen molar-refractivity contribution in [2.75, 3.05) is 0 Å². The Labute approximate surface area is 118 Å². The summed E-state index contributed by atoms with van der Waals surface area (Å²) >= 11 is 0. The zero-order valence-corrected chi connectivity index (χ0v) is 10.5. The summed E-state index contributed by atoms with van der Waals surface area (Å²) in [5.41, 5.74) is -0.833. The molecular formula is C13H9N3O5. The first-order chi connectivity index (χ1) is 10.1. The third-order valence-corrected chi connectivity index (χ3v) is 2.81. The van der Waals surface area contributed by atoms with Crippen LogP contribution in [0.25, 0.3) is 0 Å². The van der Waals surface area contributed by atoms with Crippen LogP contribution in [0.15, 0.2) is 53.7 Å². The van der Waals surface area contributed by atoms with Crippen molar-refractivity contribution in [2.24, 2.45) is 5.16 Å². The third kappa shape index (κ3) is 2.68. The fourth-order valence-electron chi connectivity index (χ4n) is 1.92. The molecule has 0 saturated carbocycles. The largest absolute Gasteiger partial charge is 0.410 e. The molecule has 0 saturated heterocycles. The smallest absolute Gasteiger partial charge is 0.278 e. The normalized spacial score (nSPS) is 9.90. The summed E-state index contributed by atoms with van der Waals surface area (Å²) in [6.07, 6.45) is 0. The number of nitro benzene ring substituents is 2. The molecule has 106 valence electrons. The molecule has 0 aromatic heterocycles. The molecule has 0 bridgehead atoms. The summed E-state index contributed by atoms with van der Waals surface area (Å²) in [6.45, 7) is 0. The van der Waals surface area contributed by atoms with Gasteiger partial charge in [-0.3, -0.25) is 20.2 Å². The quantitative estimate of drug-likeness (QED) is 0.401. The van der Waals surface area contributed by atoms with Crippen molar-refractivity contribution in [1.29, 1.82) is 0 Å². The Hall–Kier alpha value is -3.29. The van der Waals surface area contributed by atoms with E-state index in [4.69, 9.17) is 0 Å². The van der Waals surface area contributed by atoms with Gasteiger partial charge in [0.1, 0.15) is 5.71 Å². The maximum atomic E-state index is 11.0. The van der Waals surface area contributed by atoms with Gasteiger partial charge in [0.05, 0.1) is 21.0 Å². The predicted molar refractivity (Wildman–Crippen MR) is 73.6 cm³/mol. The van der Waals surface area contributed by atoms with Crippen LogP contribution in [0.1, 0.15) is 11.1 Å². The molecule has 0 aliphatic carbocycles. The van der Waals surface area contributed by atoms with Gasteiger partial charge in [-0.2, -0.15) is 0 Å². The fraction of sp³-hybridized carbons (Fsp3) is 0. The highest BCUT2D eigenvalue weighted by atomic mass is 16.6. The van der Waals surface area contributed by atoms with Crippen molar-refractivity contribution in [2.45, 2.75) is 0 Å². The summed E-state index contributed by atoms with van der Waals surface area (Å²) in [5, 5.41) is 34.3. The third-order valence-electron chi connectivity index (χ3n) is 2.81. The minimum atomic E-state index is -0.644. The Balaban J connectivity index is 2.68. The Morgan fingerprint density at radius 3 is 1.57 bits per heavy atom. The lowest BCUT2D eigenvalue weighted by molar-refractivity contribution is -0.385. The second kappa shape index (κ2) is 5.78. The molecule has 8 heteroatoms. The molecule has 0 spiro atoms. The molecule has 0 fully saturated rings. The maximum absolute atomic E-state index is 11.0. The van der Waals surface area contributed by atoms with Crippen LogP contribution in [0, 0.1) is 20.2 Å². The van der Waals surface area contributed by atoms with Crippen LogP contribution in [0.2, 0.25) is 0 Å². The monoisotopic (exact) mass is 287 g/mol. The summed E-state index contributed by atoms with van der Waals surface area (Å²) < 4.78 is 0. The average molecular weight is 287 g/mol. The van der Waals surface area contributed by atoms with Crippen LogP contribution in [0.3, 0.4) is 0 Å². The number of para-hydroxylation sites is 2. The molecule has 8 nitrogen and oxygen atoms in total. The van der Waals surface area contributed by atoms with E-state index in [2.05, 4.69) is 5.16 Å². The summed E-state index contributed by atoms with van der Waals surface area (Å²) in [5.74, 6) is 0. The van der Waals surface area contributed by atoms with E-state index in [-0.39, 0.29) is 28.2 Å². The van der Waals surface area contributed by atoms with E-state index < -0.39 is 9.85 Å². The SMILES string of the molecule is O=[N+]([O-])c1ccccc1C(=NO)c1ccccc1[N+](=O)[O-]. The zero-order chi connectivity index (χ0) is 15.4. The first kappa shape index (κ1) is 14.1. The van der Waals surface area contributed by atoms with Gasteiger partial charge in [-0.25, -0.2) is 0 Å². The molecule has 0 atom stereocenters. The number of oxime groups is 1. The van der Waals surface area contributed by atoms with Gasteiger partial charge < -0.3 is 5.21 Å². The molecular weight excluding hydrogens is 278 g/mol. The van der Waals surface area contributed by atoms with Gasteiger partial charge in [0.25, 0.3) is 11.4 Å².